The fourth-order valence-corrected chi connectivity index (χ4v) is 1.90. The molecule has 0 amide bonds. The first kappa shape index (κ1) is 9.84. The number of aromatic nitrogens is 2. The van der Waals surface area contributed by atoms with Gasteiger partial charge in [0.25, 0.3) is 0 Å². The van der Waals surface area contributed by atoms with Gasteiger partial charge in [-0.1, -0.05) is 0 Å². The molecule has 3 rings (SSSR count). The van der Waals surface area contributed by atoms with Crippen molar-refractivity contribution in [3.63, 3.8) is 0 Å². The molecule has 3 aromatic rings. The molecule has 0 aliphatic rings. The van der Waals surface area contributed by atoms with E-state index in [1.54, 1.807) is 24.5 Å². The summed E-state index contributed by atoms with van der Waals surface area (Å²) in [6.45, 7) is 0. The predicted octanol–water partition coefficient (Wildman–Crippen LogP) is 3.07. The number of phenolic OH excluding ortho intramolecular Hbond substituents is 1. The minimum Gasteiger partial charge on any atom is -0.508 e. The summed E-state index contributed by atoms with van der Waals surface area (Å²) in [5.74, 6) is -0.529. The van der Waals surface area contributed by atoms with Gasteiger partial charge in [-0.2, -0.15) is 0 Å². The Hall–Kier alpha value is -2.36. The van der Waals surface area contributed by atoms with E-state index in [-0.39, 0.29) is 5.75 Å². The number of rotatable bonds is 1. The van der Waals surface area contributed by atoms with Gasteiger partial charge in [0.1, 0.15) is 17.2 Å². The third-order valence-corrected chi connectivity index (χ3v) is 2.69. The van der Waals surface area contributed by atoms with Crippen molar-refractivity contribution in [2.24, 2.45) is 0 Å². The molecule has 2 heterocycles. The maximum atomic E-state index is 13.7. The highest BCUT2D eigenvalue weighted by molar-refractivity contribution is 5.93. The van der Waals surface area contributed by atoms with E-state index in [0.29, 0.717) is 5.56 Å². The van der Waals surface area contributed by atoms with Crippen LogP contribution in [0.2, 0.25) is 0 Å². The molecular weight excluding hydrogens is 219 g/mol. The first-order valence-electron chi connectivity index (χ1n) is 5.17. The molecule has 0 radical (unpaired) electrons. The van der Waals surface area contributed by atoms with Crippen molar-refractivity contribution in [3.05, 3.63) is 48.5 Å². The number of nitrogens with one attached hydrogen (secondary N) is 1. The molecule has 0 atom stereocenters. The van der Waals surface area contributed by atoms with Crippen molar-refractivity contribution in [1.29, 1.82) is 0 Å². The molecule has 2 N–H and O–H groups in total. The van der Waals surface area contributed by atoms with E-state index in [1.807, 2.05) is 6.07 Å². The normalized spacial score (nSPS) is 10.9. The monoisotopic (exact) mass is 228 g/mol. The molecule has 3 nitrogen and oxygen atoms in total. The zero-order chi connectivity index (χ0) is 11.8. The number of hydrogen-bond acceptors (Lipinski definition) is 2. The van der Waals surface area contributed by atoms with Gasteiger partial charge in [-0.25, -0.2) is 9.37 Å². The Morgan fingerprint density at radius 2 is 2.06 bits per heavy atom. The Morgan fingerprint density at radius 1 is 1.18 bits per heavy atom. The largest absolute Gasteiger partial charge is 0.508 e. The van der Waals surface area contributed by atoms with E-state index in [1.165, 1.54) is 6.07 Å². The molecule has 0 bridgehead atoms. The molecule has 2 aromatic heterocycles. The Bertz CT molecular complexity index is 691. The van der Waals surface area contributed by atoms with Crippen molar-refractivity contribution < 1.29 is 9.50 Å². The summed E-state index contributed by atoms with van der Waals surface area (Å²) in [7, 11) is 0. The van der Waals surface area contributed by atoms with Crippen LogP contribution in [-0.2, 0) is 0 Å². The number of H-pyrrole nitrogens is 1. The lowest BCUT2D eigenvalue weighted by Gasteiger charge is -2.02. The number of halogens is 1. The van der Waals surface area contributed by atoms with Crippen LogP contribution in [-0.4, -0.2) is 15.1 Å². The average molecular weight is 228 g/mol. The smallest absolute Gasteiger partial charge is 0.137 e. The number of phenols is 1. The van der Waals surface area contributed by atoms with Crippen LogP contribution in [0.15, 0.2) is 42.7 Å². The zero-order valence-corrected chi connectivity index (χ0v) is 8.81. The van der Waals surface area contributed by atoms with Gasteiger partial charge < -0.3 is 10.1 Å². The Labute approximate surface area is 96.6 Å². The van der Waals surface area contributed by atoms with Gasteiger partial charge in [0.2, 0.25) is 0 Å². The van der Waals surface area contributed by atoms with E-state index in [4.69, 9.17) is 0 Å². The molecule has 4 heteroatoms. The lowest BCUT2D eigenvalue weighted by atomic mass is 10.1. The number of fused-ring (bicyclic) bond motifs is 1. The van der Waals surface area contributed by atoms with Crippen LogP contribution in [0.5, 0.6) is 5.75 Å². The topological polar surface area (TPSA) is 48.9 Å². The minimum absolute atomic E-state index is 0.0794. The molecule has 0 saturated carbocycles. The summed E-state index contributed by atoms with van der Waals surface area (Å²) >= 11 is 0. The summed E-state index contributed by atoms with van der Waals surface area (Å²) in [4.78, 5) is 7.14. The Balaban J connectivity index is 2.27. The highest BCUT2D eigenvalue weighted by Gasteiger charge is 2.11. The fourth-order valence-electron chi connectivity index (χ4n) is 1.90. The number of benzene rings is 1. The molecule has 17 heavy (non-hydrogen) atoms. The second-order valence-corrected chi connectivity index (χ2v) is 3.77. The lowest BCUT2D eigenvalue weighted by molar-refractivity contribution is 0.469. The van der Waals surface area contributed by atoms with Crippen LogP contribution < -0.4 is 0 Å². The van der Waals surface area contributed by atoms with E-state index < -0.39 is 5.82 Å². The summed E-state index contributed by atoms with van der Waals surface area (Å²) in [6, 6.07) is 7.80. The SMILES string of the molecule is Oc1ccc(-c2c[nH]c3ncccc23)c(F)c1. The van der Waals surface area contributed by atoms with Crippen LogP contribution in [0.3, 0.4) is 0 Å². The molecular formula is C13H9FN2O. The van der Waals surface area contributed by atoms with Crippen molar-refractivity contribution in [3.8, 4) is 16.9 Å². The second-order valence-electron chi connectivity index (χ2n) is 3.77. The lowest BCUT2D eigenvalue weighted by Crippen LogP contribution is -1.82. The van der Waals surface area contributed by atoms with Crippen LogP contribution in [0.25, 0.3) is 22.2 Å². The fraction of sp³-hybridized carbons (Fsp3) is 0. The zero-order valence-electron chi connectivity index (χ0n) is 8.81. The average Bonchev–Trinajstić information content (AvgIpc) is 2.73. The third kappa shape index (κ3) is 1.54. The highest BCUT2D eigenvalue weighted by atomic mass is 19.1. The molecule has 0 aliphatic heterocycles. The standard InChI is InChI=1S/C13H9FN2O/c14-12-6-8(17)3-4-9(12)11-7-16-13-10(11)2-1-5-15-13/h1-7,17H,(H,15,16). The predicted molar refractivity (Wildman–Crippen MR) is 63.2 cm³/mol. The van der Waals surface area contributed by atoms with E-state index in [2.05, 4.69) is 9.97 Å². The van der Waals surface area contributed by atoms with Crippen LogP contribution >= 0.6 is 0 Å². The first-order chi connectivity index (χ1) is 8.25. The number of hydrogen-bond donors (Lipinski definition) is 2. The molecule has 0 aliphatic carbocycles. The van der Waals surface area contributed by atoms with Gasteiger partial charge in [0.05, 0.1) is 0 Å². The summed E-state index contributed by atoms with van der Waals surface area (Å²) in [6.07, 6.45) is 3.39. The molecule has 0 saturated heterocycles. The molecule has 84 valence electrons. The Morgan fingerprint density at radius 3 is 2.88 bits per heavy atom. The number of aromatic hydroxyl groups is 1. The van der Waals surface area contributed by atoms with Gasteiger partial charge in [-0.05, 0) is 24.3 Å². The summed E-state index contributed by atoms with van der Waals surface area (Å²) < 4.78 is 13.7. The summed E-state index contributed by atoms with van der Waals surface area (Å²) in [5, 5.41) is 10.0. The maximum Gasteiger partial charge on any atom is 0.137 e. The van der Waals surface area contributed by atoms with Gasteiger partial charge >= 0.3 is 0 Å². The Kier molecular flexibility index (Phi) is 2.08. The van der Waals surface area contributed by atoms with Crippen LogP contribution in [0.4, 0.5) is 4.39 Å². The number of aromatic amines is 1. The molecule has 0 unspecified atom stereocenters. The third-order valence-electron chi connectivity index (χ3n) is 2.69. The molecule has 0 fully saturated rings. The summed E-state index contributed by atoms with van der Waals surface area (Å²) in [5.41, 5.74) is 1.91. The van der Waals surface area contributed by atoms with E-state index >= 15 is 0 Å². The number of pyridine rings is 1. The van der Waals surface area contributed by atoms with E-state index in [0.717, 1.165) is 22.7 Å². The molecule has 0 spiro atoms. The van der Waals surface area contributed by atoms with Crippen molar-refractivity contribution in [2.45, 2.75) is 0 Å². The maximum absolute atomic E-state index is 13.7. The minimum atomic E-state index is -0.449. The van der Waals surface area contributed by atoms with E-state index in [9.17, 15) is 9.50 Å². The first-order valence-corrected chi connectivity index (χ1v) is 5.17. The van der Waals surface area contributed by atoms with Crippen LogP contribution in [0, 0.1) is 5.82 Å². The van der Waals surface area contributed by atoms with Gasteiger partial charge in [0.15, 0.2) is 0 Å². The molecule has 1 aromatic carbocycles. The number of nitrogens with zero attached hydrogens (tertiary/aromatic N) is 1. The second kappa shape index (κ2) is 3.59. The van der Waals surface area contributed by atoms with Crippen molar-refractivity contribution in [1.82, 2.24) is 9.97 Å². The van der Waals surface area contributed by atoms with Crippen molar-refractivity contribution >= 4 is 11.0 Å². The van der Waals surface area contributed by atoms with Gasteiger partial charge in [-0.15, -0.1) is 0 Å². The van der Waals surface area contributed by atoms with Gasteiger partial charge in [-0.3, -0.25) is 0 Å². The van der Waals surface area contributed by atoms with Crippen molar-refractivity contribution in [2.75, 3.05) is 0 Å². The van der Waals surface area contributed by atoms with Crippen LogP contribution in [0.1, 0.15) is 0 Å². The highest BCUT2D eigenvalue weighted by Crippen LogP contribution is 2.30. The quantitative estimate of drug-likeness (QED) is 0.672. The van der Waals surface area contributed by atoms with Gasteiger partial charge in [0, 0.05) is 35.0 Å².